The Bertz CT molecular complexity index is 1420. The summed E-state index contributed by atoms with van der Waals surface area (Å²) in [5, 5.41) is 3.02. The molecule has 3 aromatic rings. The minimum atomic E-state index is -2.67. The van der Waals surface area contributed by atoms with Crippen molar-refractivity contribution in [3.05, 3.63) is 56.9 Å². The van der Waals surface area contributed by atoms with Crippen LogP contribution in [0.3, 0.4) is 0 Å². The lowest BCUT2D eigenvalue weighted by atomic mass is 9.92. The van der Waals surface area contributed by atoms with E-state index in [4.69, 9.17) is 0 Å². The van der Waals surface area contributed by atoms with Crippen molar-refractivity contribution in [1.82, 2.24) is 9.13 Å². The van der Waals surface area contributed by atoms with Gasteiger partial charge in [0.15, 0.2) is 0 Å². The number of aromatic nitrogens is 2. The average Bonchev–Trinajstić information content (AvgIpc) is 3.58. The minimum Gasteiger partial charge on any atom is -0.371 e. The van der Waals surface area contributed by atoms with Crippen LogP contribution in [0.4, 0.5) is 20.2 Å². The molecule has 2 saturated carbocycles. The third kappa shape index (κ3) is 4.60. The van der Waals surface area contributed by atoms with Gasteiger partial charge in [0.1, 0.15) is 0 Å². The molecule has 2 aliphatic carbocycles. The number of piperidine rings is 1. The van der Waals surface area contributed by atoms with Crippen molar-refractivity contribution in [2.45, 2.75) is 63.3 Å². The molecule has 1 N–H and O–H groups in total. The van der Waals surface area contributed by atoms with E-state index in [2.05, 4.69) is 26.1 Å². The molecule has 0 radical (unpaired) electrons. The fourth-order valence-electron chi connectivity index (χ4n) is 6.14. The monoisotopic (exact) mass is 572 g/mol. The van der Waals surface area contributed by atoms with Crippen LogP contribution < -0.4 is 15.9 Å². The molecule has 0 bridgehead atoms. The van der Waals surface area contributed by atoms with E-state index in [9.17, 15) is 18.4 Å². The van der Waals surface area contributed by atoms with Crippen LogP contribution in [0.2, 0.25) is 0 Å². The zero-order valence-electron chi connectivity index (χ0n) is 20.9. The highest BCUT2D eigenvalue weighted by Gasteiger charge is 2.44. The molecule has 2 heterocycles. The van der Waals surface area contributed by atoms with Gasteiger partial charge in [-0.15, -0.1) is 0 Å². The van der Waals surface area contributed by atoms with Crippen molar-refractivity contribution in [2.24, 2.45) is 12.5 Å². The van der Waals surface area contributed by atoms with Crippen molar-refractivity contribution in [3.63, 3.8) is 0 Å². The SMILES string of the molecule is Cn1c(=O)n(C2CCC(F)(F)CC2)c2cc(NC(=O)c3ccc(Br)cc3N3CCC4(CC3)CC4)ccc21. The van der Waals surface area contributed by atoms with Crippen molar-refractivity contribution >= 4 is 44.2 Å². The molecule has 1 aromatic heterocycles. The number of aryl methyl sites for hydroxylation is 1. The second-order valence-electron chi connectivity index (χ2n) is 11.1. The van der Waals surface area contributed by atoms with Crippen molar-refractivity contribution < 1.29 is 13.6 Å². The maximum atomic E-state index is 13.8. The number of fused-ring (bicyclic) bond motifs is 1. The Hall–Kier alpha value is -2.68. The molecular weight excluding hydrogens is 542 g/mol. The van der Waals surface area contributed by atoms with Crippen LogP contribution in [0.15, 0.2) is 45.7 Å². The predicted molar refractivity (Wildman–Crippen MR) is 145 cm³/mol. The maximum absolute atomic E-state index is 13.8. The molecule has 3 aliphatic rings. The largest absolute Gasteiger partial charge is 0.371 e. The number of anilines is 2. The fraction of sp³-hybridized carbons (Fsp3) is 0.500. The first-order chi connectivity index (χ1) is 17.6. The van der Waals surface area contributed by atoms with Gasteiger partial charge in [-0.1, -0.05) is 15.9 Å². The quantitative estimate of drug-likeness (QED) is 0.389. The molecule has 3 fully saturated rings. The molecule has 1 amide bonds. The van der Waals surface area contributed by atoms with Crippen LogP contribution in [0.25, 0.3) is 11.0 Å². The van der Waals surface area contributed by atoms with Gasteiger partial charge in [-0.25, -0.2) is 13.6 Å². The van der Waals surface area contributed by atoms with Crippen LogP contribution >= 0.6 is 15.9 Å². The summed E-state index contributed by atoms with van der Waals surface area (Å²) in [6.07, 6.45) is 5.03. The van der Waals surface area contributed by atoms with E-state index in [-0.39, 0.29) is 43.3 Å². The smallest absolute Gasteiger partial charge is 0.329 e. The fourth-order valence-corrected chi connectivity index (χ4v) is 6.49. The molecular formula is C28H31BrF2N4O2. The zero-order chi connectivity index (χ0) is 25.9. The standard InChI is InChI=1S/C28H31BrF2N4O2/c1-33-22-5-3-19(17-24(22)35(26(33)37)20-6-8-28(30,31)9-7-20)32-25(36)21-4-2-18(29)16-23(21)34-14-12-27(10-11-27)13-15-34/h2-5,16-17,20H,6-15H2,1H3,(H,32,36). The molecule has 37 heavy (non-hydrogen) atoms. The van der Waals surface area contributed by atoms with Gasteiger partial charge in [-0.2, -0.15) is 0 Å². The average molecular weight is 573 g/mol. The van der Waals surface area contributed by atoms with Crippen LogP contribution in [-0.2, 0) is 7.05 Å². The molecule has 6 rings (SSSR count). The van der Waals surface area contributed by atoms with Crippen molar-refractivity contribution in [2.75, 3.05) is 23.3 Å². The number of nitrogens with zero attached hydrogens (tertiary/aromatic N) is 3. The van der Waals surface area contributed by atoms with Gasteiger partial charge in [0.05, 0.1) is 22.3 Å². The molecule has 1 saturated heterocycles. The summed E-state index contributed by atoms with van der Waals surface area (Å²) in [7, 11) is 1.69. The Morgan fingerprint density at radius 3 is 2.35 bits per heavy atom. The van der Waals surface area contributed by atoms with Gasteiger partial charge in [-0.05, 0) is 80.3 Å². The third-order valence-electron chi connectivity index (χ3n) is 8.73. The van der Waals surface area contributed by atoms with E-state index in [1.54, 1.807) is 28.3 Å². The number of alkyl halides is 2. The lowest BCUT2D eigenvalue weighted by Gasteiger charge is -2.35. The van der Waals surface area contributed by atoms with Crippen LogP contribution in [0, 0.1) is 5.41 Å². The summed E-state index contributed by atoms with van der Waals surface area (Å²) in [6.45, 7) is 1.89. The number of hydrogen-bond donors (Lipinski definition) is 1. The maximum Gasteiger partial charge on any atom is 0.329 e. The Labute approximate surface area is 222 Å². The number of halogens is 3. The highest BCUT2D eigenvalue weighted by Crippen LogP contribution is 2.54. The molecule has 0 unspecified atom stereocenters. The van der Waals surface area contributed by atoms with E-state index in [0.717, 1.165) is 36.1 Å². The number of benzene rings is 2. The molecule has 0 atom stereocenters. The third-order valence-corrected chi connectivity index (χ3v) is 9.22. The molecule has 9 heteroatoms. The number of nitrogens with one attached hydrogen (secondary N) is 1. The zero-order valence-corrected chi connectivity index (χ0v) is 22.5. The summed E-state index contributed by atoms with van der Waals surface area (Å²) in [6, 6.07) is 10.8. The summed E-state index contributed by atoms with van der Waals surface area (Å²) >= 11 is 3.56. The van der Waals surface area contributed by atoms with Crippen molar-refractivity contribution in [1.29, 1.82) is 0 Å². The Morgan fingerprint density at radius 1 is 0.973 bits per heavy atom. The van der Waals surface area contributed by atoms with E-state index in [0.29, 0.717) is 27.7 Å². The van der Waals surface area contributed by atoms with Crippen LogP contribution in [0.1, 0.15) is 67.8 Å². The van der Waals surface area contributed by atoms with Gasteiger partial charge >= 0.3 is 5.69 Å². The number of rotatable bonds is 4. The normalized spacial score (nSPS) is 20.9. The number of carbonyl (C=O) groups excluding carboxylic acids is 1. The second-order valence-corrected chi connectivity index (χ2v) is 12.0. The summed E-state index contributed by atoms with van der Waals surface area (Å²) in [5.41, 5.74) is 3.79. The highest BCUT2D eigenvalue weighted by molar-refractivity contribution is 9.10. The molecule has 2 aromatic carbocycles. The van der Waals surface area contributed by atoms with E-state index in [1.807, 2.05) is 24.3 Å². The summed E-state index contributed by atoms with van der Waals surface area (Å²) in [4.78, 5) is 28.8. The highest BCUT2D eigenvalue weighted by atomic mass is 79.9. The Kier molecular flexibility index (Phi) is 5.97. The van der Waals surface area contributed by atoms with Gasteiger partial charge in [-0.3, -0.25) is 13.9 Å². The molecule has 1 spiro atoms. The predicted octanol–water partition coefficient (Wildman–Crippen LogP) is 6.49. The van der Waals surface area contributed by atoms with Crippen LogP contribution in [-0.4, -0.2) is 34.1 Å². The summed E-state index contributed by atoms with van der Waals surface area (Å²) in [5.74, 6) is -2.88. The lowest BCUT2D eigenvalue weighted by molar-refractivity contribution is -0.0439. The molecule has 196 valence electrons. The topological polar surface area (TPSA) is 59.3 Å². The Balaban J connectivity index is 1.28. The van der Waals surface area contributed by atoms with E-state index < -0.39 is 5.92 Å². The van der Waals surface area contributed by atoms with Gasteiger partial charge in [0, 0.05) is 49.2 Å². The number of carbonyl (C=O) groups is 1. The Morgan fingerprint density at radius 2 is 1.68 bits per heavy atom. The van der Waals surface area contributed by atoms with E-state index >= 15 is 0 Å². The molecule has 6 nitrogen and oxygen atoms in total. The second kappa shape index (κ2) is 8.96. The minimum absolute atomic E-state index is 0.212. The molecule has 1 aliphatic heterocycles. The number of hydrogen-bond acceptors (Lipinski definition) is 3. The number of imidazole rings is 1. The first kappa shape index (κ1) is 24.6. The number of amides is 1. The van der Waals surface area contributed by atoms with Gasteiger partial charge in [0.2, 0.25) is 5.92 Å². The first-order valence-electron chi connectivity index (χ1n) is 13.1. The van der Waals surface area contributed by atoms with Crippen molar-refractivity contribution in [3.8, 4) is 0 Å². The van der Waals surface area contributed by atoms with E-state index in [1.165, 1.54) is 12.8 Å². The first-order valence-corrected chi connectivity index (χ1v) is 13.9. The van der Waals surface area contributed by atoms with Gasteiger partial charge in [0.25, 0.3) is 5.91 Å². The lowest BCUT2D eigenvalue weighted by Crippen LogP contribution is -2.35. The van der Waals surface area contributed by atoms with Gasteiger partial charge < -0.3 is 10.2 Å². The van der Waals surface area contributed by atoms with Crippen LogP contribution in [0.5, 0.6) is 0 Å². The summed E-state index contributed by atoms with van der Waals surface area (Å²) < 4.78 is 31.6.